The van der Waals surface area contributed by atoms with E-state index < -0.39 is 0 Å². The van der Waals surface area contributed by atoms with Crippen molar-refractivity contribution >= 4 is 17.5 Å². The van der Waals surface area contributed by atoms with Crippen molar-refractivity contribution in [1.82, 2.24) is 15.1 Å². The Labute approximate surface area is 180 Å². The maximum Gasteiger partial charge on any atom is 0.273 e. The second kappa shape index (κ2) is 8.50. The number of rotatable bonds is 7. The third-order valence-corrected chi connectivity index (χ3v) is 5.76. The van der Waals surface area contributed by atoms with Crippen molar-refractivity contribution in [2.45, 2.75) is 25.8 Å². The zero-order chi connectivity index (χ0) is 21.3. The van der Waals surface area contributed by atoms with Gasteiger partial charge in [-0.3, -0.25) is 9.89 Å². The largest absolute Gasteiger partial charge is 0.507 e. The van der Waals surface area contributed by atoms with Crippen molar-refractivity contribution < 1.29 is 14.6 Å². The number of nitrogens with one attached hydrogen (secondary N) is 1. The number of phenols is 1. The summed E-state index contributed by atoms with van der Waals surface area (Å²) in [6.07, 6.45) is 1.67. The molecular formula is C23H24ClN3O3. The van der Waals surface area contributed by atoms with Crippen LogP contribution in [0.15, 0.2) is 42.5 Å². The van der Waals surface area contributed by atoms with Crippen molar-refractivity contribution in [1.29, 1.82) is 0 Å². The summed E-state index contributed by atoms with van der Waals surface area (Å²) in [4.78, 5) is 15.1. The fourth-order valence-corrected chi connectivity index (χ4v) is 4.16. The molecule has 1 aliphatic rings. The smallest absolute Gasteiger partial charge is 0.273 e. The molecule has 1 atom stereocenters. The lowest BCUT2D eigenvalue weighted by molar-refractivity contribution is 0.0723. The average Bonchev–Trinajstić information content (AvgIpc) is 3.29. The van der Waals surface area contributed by atoms with E-state index in [9.17, 15) is 9.90 Å². The van der Waals surface area contributed by atoms with Crippen LogP contribution >= 0.6 is 11.6 Å². The first-order valence-corrected chi connectivity index (χ1v) is 10.4. The lowest BCUT2D eigenvalue weighted by atomic mass is 9.95. The molecule has 1 amide bonds. The van der Waals surface area contributed by atoms with Crippen LogP contribution in [0, 0.1) is 0 Å². The number of phenolic OH excluding ortho intramolecular Hbond substituents is 1. The highest BCUT2D eigenvalue weighted by Crippen LogP contribution is 2.44. The quantitative estimate of drug-likeness (QED) is 0.543. The Morgan fingerprint density at radius 1 is 1.23 bits per heavy atom. The molecule has 0 spiro atoms. The van der Waals surface area contributed by atoms with Gasteiger partial charge < -0.3 is 14.7 Å². The molecule has 2 N–H and O–H groups in total. The number of aromatic nitrogens is 2. The van der Waals surface area contributed by atoms with Gasteiger partial charge >= 0.3 is 0 Å². The fraction of sp³-hybridized carbons (Fsp3) is 0.304. The molecule has 6 nitrogen and oxygen atoms in total. The molecule has 4 rings (SSSR count). The van der Waals surface area contributed by atoms with Crippen molar-refractivity contribution in [2.24, 2.45) is 0 Å². The van der Waals surface area contributed by atoms with E-state index in [1.54, 1.807) is 19.2 Å². The van der Waals surface area contributed by atoms with Crippen LogP contribution in [0.2, 0.25) is 5.02 Å². The molecule has 2 aromatic carbocycles. The van der Waals surface area contributed by atoms with Crippen LogP contribution in [0.3, 0.4) is 0 Å². The number of amides is 1. The van der Waals surface area contributed by atoms with Crippen LogP contribution in [-0.4, -0.2) is 46.4 Å². The molecule has 0 aliphatic carbocycles. The Kier molecular flexibility index (Phi) is 5.79. The molecule has 2 heterocycles. The number of aromatic amines is 1. The Morgan fingerprint density at radius 2 is 2.00 bits per heavy atom. The first kappa shape index (κ1) is 20.4. The van der Waals surface area contributed by atoms with E-state index in [2.05, 4.69) is 41.4 Å². The second-order valence-corrected chi connectivity index (χ2v) is 7.80. The van der Waals surface area contributed by atoms with E-state index in [-0.39, 0.29) is 17.7 Å². The third-order valence-electron chi connectivity index (χ3n) is 5.53. The summed E-state index contributed by atoms with van der Waals surface area (Å²) < 4.78 is 5.18. The minimum atomic E-state index is -0.303. The molecular weight excluding hydrogens is 402 g/mol. The van der Waals surface area contributed by atoms with Crippen molar-refractivity contribution in [3.8, 4) is 17.0 Å². The van der Waals surface area contributed by atoms with Gasteiger partial charge in [0, 0.05) is 36.4 Å². The minimum absolute atomic E-state index is 0.0686. The summed E-state index contributed by atoms with van der Waals surface area (Å²) in [6, 6.07) is 12.8. The Balaban J connectivity index is 1.84. The number of fused-ring (bicyclic) bond motifs is 1. The van der Waals surface area contributed by atoms with Crippen molar-refractivity contribution in [3.05, 3.63) is 69.9 Å². The number of H-pyrrole nitrogens is 1. The lowest BCUT2D eigenvalue weighted by Crippen LogP contribution is -2.31. The molecule has 1 unspecified atom stereocenters. The Bertz CT molecular complexity index is 1060. The van der Waals surface area contributed by atoms with Crippen LogP contribution in [0.4, 0.5) is 0 Å². The van der Waals surface area contributed by atoms with E-state index in [1.807, 2.05) is 4.90 Å². The van der Waals surface area contributed by atoms with Crippen LogP contribution < -0.4 is 0 Å². The van der Waals surface area contributed by atoms with Gasteiger partial charge in [-0.05, 0) is 42.2 Å². The maximum atomic E-state index is 13.2. The summed E-state index contributed by atoms with van der Waals surface area (Å²) in [5.74, 6) is -0.0370. The molecule has 30 heavy (non-hydrogen) atoms. The zero-order valence-corrected chi connectivity index (χ0v) is 17.7. The van der Waals surface area contributed by atoms with Crippen molar-refractivity contribution in [3.63, 3.8) is 0 Å². The molecule has 0 saturated carbocycles. The number of hydrogen-bond acceptors (Lipinski definition) is 4. The van der Waals surface area contributed by atoms with E-state index >= 15 is 0 Å². The molecule has 1 aromatic heterocycles. The van der Waals surface area contributed by atoms with Gasteiger partial charge in [-0.2, -0.15) is 5.10 Å². The van der Waals surface area contributed by atoms with Gasteiger partial charge in [-0.1, -0.05) is 42.8 Å². The number of carbonyl (C=O) groups excluding carboxylic acids is 1. The lowest BCUT2D eigenvalue weighted by Gasteiger charge is -2.26. The fourth-order valence-electron chi connectivity index (χ4n) is 3.99. The van der Waals surface area contributed by atoms with Crippen molar-refractivity contribution in [2.75, 3.05) is 20.3 Å². The number of halogens is 1. The minimum Gasteiger partial charge on any atom is -0.507 e. The van der Waals surface area contributed by atoms with Gasteiger partial charge in [0.2, 0.25) is 0 Å². The number of benzene rings is 2. The topological polar surface area (TPSA) is 78.5 Å². The number of methoxy groups -OCH3 is 1. The molecule has 0 bridgehead atoms. The Hall–Kier alpha value is -2.83. The summed E-state index contributed by atoms with van der Waals surface area (Å²) >= 11 is 6.17. The first-order chi connectivity index (χ1) is 14.5. The highest BCUT2D eigenvalue weighted by Gasteiger charge is 2.42. The molecule has 3 aromatic rings. The summed E-state index contributed by atoms with van der Waals surface area (Å²) in [5.41, 5.74) is 4.49. The van der Waals surface area contributed by atoms with Gasteiger partial charge in [0.25, 0.3) is 5.91 Å². The maximum absolute atomic E-state index is 13.2. The molecule has 1 aliphatic heterocycles. The normalized spacial score (nSPS) is 15.6. The zero-order valence-electron chi connectivity index (χ0n) is 17.0. The first-order valence-electron chi connectivity index (χ1n) is 10.0. The molecule has 7 heteroatoms. The number of aromatic hydroxyl groups is 1. The monoisotopic (exact) mass is 425 g/mol. The van der Waals surface area contributed by atoms with E-state index in [0.29, 0.717) is 35.1 Å². The van der Waals surface area contributed by atoms with Crippen LogP contribution in [-0.2, 0) is 11.2 Å². The summed E-state index contributed by atoms with van der Waals surface area (Å²) in [6.45, 7) is 3.23. The van der Waals surface area contributed by atoms with E-state index in [0.717, 1.165) is 24.0 Å². The van der Waals surface area contributed by atoms with E-state index in [4.69, 9.17) is 16.3 Å². The van der Waals surface area contributed by atoms with Gasteiger partial charge in [0.15, 0.2) is 0 Å². The number of aryl methyl sites for hydroxylation is 1. The molecule has 0 saturated heterocycles. The van der Waals surface area contributed by atoms with Crippen LogP contribution in [0.25, 0.3) is 11.3 Å². The number of carbonyl (C=O) groups is 1. The summed E-state index contributed by atoms with van der Waals surface area (Å²) in [5, 5.41) is 18.2. The van der Waals surface area contributed by atoms with E-state index in [1.165, 1.54) is 11.6 Å². The average molecular weight is 426 g/mol. The SMILES string of the molecule is CCc1ccc(C2c3c(-c4cc(Cl)ccc4O)n[nH]c3C(=O)N2CCCOC)cc1. The number of ether oxygens (including phenoxy) is 1. The molecule has 156 valence electrons. The number of nitrogens with zero attached hydrogens (tertiary/aromatic N) is 2. The van der Waals surface area contributed by atoms with Gasteiger partial charge in [0.05, 0.1) is 6.04 Å². The third kappa shape index (κ3) is 3.57. The second-order valence-electron chi connectivity index (χ2n) is 7.36. The van der Waals surface area contributed by atoms with Crippen LogP contribution in [0.1, 0.15) is 46.6 Å². The molecule has 0 radical (unpaired) electrons. The van der Waals surface area contributed by atoms with Gasteiger partial charge in [-0.15, -0.1) is 0 Å². The molecule has 0 fully saturated rings. The predicted octanol–water partition coefficient (Wildman–Crippen LogP) is 4.58. The van der Waals surface area contributed by atoms with Crippen LogP contribution in [0.5, 0.6) is 5.75 Å². The summed E-state index contributed by atoms with van der Waals surface area (Å²) in [7, 11) is 1.65. The van der Waals surface area contributed by atoms with Gasteiger partial charge in [0.1, 0.15) is 17.1 Å². The Morgan fingerprint density at radius 3 is 2.70 bits per heavy atom. The highest BCUT2D eigenvalue weighted by atomic mass is 35.5. The predicted molar refractivity (Wildman–Crippen MR) is 116 cm³/mol. The van der Waals surface area contributed by atoms with Gasteiger partial charge in [-0.25, -0.2) is 0 Å². The highest BCUT2D eigenvalue weighted by molar-refractivity contribution is 6.31. The standard InChI is InChI=1S/C23H24ClN3O3/c1-3-14-5-7-15(8-6-14)22-19-20(17-13-16(24)9-10-18(17)28)25-26-21(19)23(29)27(22)11-4-12-30-2/h5-10,13,22,28H,3-4,11-12H2,1-2H3,(H,25,26). The number of hydrogen-bond donors (Lipinski definition) is 2.